The maximum absolute atomic E-state index is 5.53. The standard InChI is InChI=1S/C18H23N5O/c1-12(2)10-15-20-18(24-22-15)14-4-3-9-23(11-14)16-6-5-13-7-8-19-17(13)21-16/h5-8,12,14H,3-4,9-11H2,1-2H3,(H,19,21). The van der Waals surface area contributed by atoms with Gasteiger partial charge in [0.15, 0.2) is 5.82 Å². The Labute approximate surface area is 141 Å². The van der Waals surface area contributed by atoms with E-state index in [9.17, 15) is 0 Å². The van der Waals surface area contributed by atoms with Crippen LogP contribution in [-0.2, 0) is 6.42 Å². The number of rotatable bonds is 4. The van der Waals surface area contributed by atoms with Crippen LogP contribution < -0.4 is 4.90 Å². The van der Waals surface area contributed by atoms with Gasteiger partial charge in [-0.3, -0.25) is 0 Å². The average molecular weight is 325 g/mol. The lowest BCUT2D eigenvalue weighted by Gasteiger charge is -2.31. The van der Waals surface area contributed by atoms with E-state index < -0.39 is 0 Å². The van der Waals surface area contributed by atoms with Crippen molar-refractivity contribution in [2.45, 2.75) is 39.0 Å². The molecule has 0 amide bonds. The van der Waals surface area contributed by atoms with E-state index in [0.29, 0.717) is 5.92 Å². The molecular formula is C18H23N5O. The zero-order valence-electron chi connectivity index (χ0n) is 14.2. The Hall–Kier alpha value is -2.37. The van der Waals surface area contributed by atoms with Gasteiger partial charge in [-0.05, 0) is 37.0 Å². The van der Waals surface area contributed by atoms with Crippen LogP contribution in [0, 0.1) is 5.92 Å². The smallest absolute Gasteiger partial charge is 0.231 e. The Morgan fingerprint density at radius 3 is 3.08 bits per heavy atom. The Kier molecular flexibility index (Phi) is 3.96. The van der Waals surface area contributed by atoms with Gasteiger partial charge >= 0.3 is 0 Å². The number of pyridine rings is 1. The van der Waals surface area contributed by atoms with E-state index in [0.717, 1.165) is 60.9 Å². The largest absolute Gasteiger partial charge is 0.356 e. The van der Waals surface area contributed by atoms with E-state index in [2.05, 4.69) is 46.0 Å². The number of aromatic amines is 1. The highest BCUT2D eigenvalue weighted by Crippen LogP contribution is 2.29. The number of H-pyrrole nitrogens is 1. The fourth-order valence-electron chi connectivity index (χ4n) is 3.36. The first kappa shape index (κ1) is 15.2. The van der Waals surface area contributed by atoms with Crippen LogP contribution >= 0.6 is 0 Å². The lowest BCUT2D eigenvalue weighted by molar-refractivity contribution is 0.329. The molecule has 1 saturated heterocycles. The Balaban J connectivity index is 1.51. The van der Waals surface area contributed by atoms with Crippen molar-refractivity contribution in [3.05, 3.63) is 36.1 Å². The molecule has 4 rings (SSSR count). The van der Waals surface area contributed by atoms with Crippen molar-refractivity contribution in [1.82, 2.24) is 20.1 Å². The molecule has 0 spiro atoms. The van der Waals surface area contributed by atoms with Crippen molar-refractivity contribution in [2.75, 3.05) is 18.0 Å². The van der Waals surface area contributed by atoms with E-state index in [1.807, 2.05) is 12.3 Å². The molecular weight excluding hydrogens is 302 g/mol. The molecule has 0 bridgehead atoms. The SMILES string of the molecule is CC(C)Cc1noc(C2CCCN(c3ccc4cc[nH]c4n3)C2)n1. The third-order valence-corrected chi connectivity index (χ3v) is 4.56. The first-order valence-electron chi connectivity index (χ1n) is 8.70. The highest BCUT2D eigenvalue weighted by molar-refractivity contribution is 5.77. The normalized spacial score (nSPS) is 18.6. The molecule has 24 heavy (non-hydrogen) atoms. The summed E-state index contributed by atoms with van der Waals surface area (Å²) in [5, 5.41) is 5.28. The molecule has 1 fully saturated rings. The molecule has 126 valence electrons. The lowest BCUT2D eigenvalue weighted by atomic mass is 9.98. The van der Waals surface area contributed by atoms with Crippen LogP contribution in [-0.4, -0.2) is 33.2 Å². The molecule has 1 unspecified atom stereocenters. The average Bonchev–Trinajstić information content (AvgIpc) is 3.22. The molecule has 4 heterocycles. The van der Waals surface area contributed by atoms with Gasteiger partial charge in [0.2, 0.25) is 5.89 Å². The highest BCUT2D eigenvalue weighted by atomic mass is 16.5. The Bertz CT molecular complexity index is 822. The van der Waals surface area contributed by atoms with E-state index >= 15 is 0 Å². The highest BCUT2D eigenvalue weighted by Gasteiger charge is 2.27. The van der Waals surface area contributed by atoms with E-state index in [-0.39, 0.29) is 5.92 Å². The Morgan fingerprint density at radius 2 is 2.21 bits per heavy atom. The summed E-state index contributed by atoms with van der Waals surface area (Å²) in [6.45, 7) is 6.23. The minimum atomic E-state index is 0.285. The van der Waals surface area contributed by atoms with E-state index in [4.69, 9.17) is 9.51 Å². The number of hydrogen-bond donors (Lipinski definition) is 1. The summed E-state index contributed by atoms with van der Waals surface area (Å²) in [5.41, 5.74) is 0.937. The van der Waals surface area contributed by atoms with Crippen molar-refractivity contribution in [3.8, 4) is 0 Å². The first-order chi connectivity index (χ1) is 11.7. The molecule has 1 aliphatic heterocycles. The fraction of sp³-hybridized carbons (Fsp3) is 0.500. The molecule has 0 aromatic carbocycles. The van der Waals surface area contributed by atoms with Crippen molar-refractivity contribution in [3.63, 3.8) is 0 Å². The van der Waals surface area contributed by atoms with Gasteiger partial charge in [0, 0.05) is 31.1 Å². The summed E-state index contributed by atoms with van der Waals surface area (Å²) in [4.78, 5) is 14.9. The number of anilines is 1. The van der Waals surface area contributed by atoms with Gasteiger partial charge in [-0.25, -0.2) is 4.98 Å². The van der Waals surface area contributed by atoms with Crippen LogP contribution in [0.3, 0.4) is 0 Å². The molecule has 1 N–H and O–H groups in total. The number of piperidine rings is 1. The van der Waals surface area contributed by atoms with Gasteiger partial charge < -0.3 is 14.4 Å². The zero-order chi connectivity index (χ0) is 16.5. The molecule has 3 aromatic heterocycles. The summed E-state index contributed by atoms with van der Waals surface area (Å²) in [6, 6.07) is 6.25. The molecule has 1 atom stereocenters. The number of hydrogen-bond acceptors (Lipinski definition) is 5. The molecule has 0 saturated carbocycles. The molecule has 0 radical (unpaired) electrons. The molecule has 6 heteroatoms. The maximum Gasteiger partial charge on any atom is 0.231 e. The zero-order valence-corrected chi connectivity index (χ0v) is 14.2. The Morgan fingerprint density at radius 1 is 1.29 bits per heavy atom. The van der Waals surface area contributed by atoms with Crippen molar-refractivity contribution < 1.29 is 4.52 Å². The third-order valence-electron chi connectivity index (χ3n) is 4.56. The van der Waals surface area contributed by atoms with Crippen molar-refractivity contribution in [1.29, 1.82) is 0 Å². The minimum absolute atomic E-state index is 0.285. The van der Waals surface area contributed by atoms with Crippen LogP contribution in [0.4, 0.5) is 5.82 Å². The van der Waals surface area contributed by atoms with Crippen LogP contribution in [0.25, 0.3) is 11.0 Å². The molecule has 0 aliphatic carbocycles. The minimum Gasteiger partial charge on any atom is -0.356 e. The topological polar surface area (TPSA) is 70.8 Å². The number of nitrogens with zero attached hydrogens (tertiary/aromatic N) is 4. The van der Waals surface area contributed by atoms with E-state index in [1.165, 1.54) is 0 Å². The molecule has 6 nitrogen and oxygen atoms in total. The summed E-state index contributed by atoms with van der Waals surface area (Å²) < 4.78 is 5.53. The predicted octanol–water partition coefficient (Wildman–Crippen LogP) is 3.53. The van der Waals surface area contributed by atoms with E-state index in [1.54, 1.807) is 0 Å². The maximum atomic E-state index is 5.53. The first-order valence-corrected chi connectivity index (χ1v) is 8.70. The quantitative estimate of drug-likeness (QED) is 0.794. The van der Waals surface area contributed by atoms with Gasteiger partial charge in [0.05, 0.1) is 5.92 Å². The van der Waals surface area contributed by atoms with Crippen molar-refractivity contribution >= 4 is 16.9 Å². The van der Waals surface area contributed by atoms with Crippen LogP contribution in [0.1, 0.15) is 44.3 Å². The third kappa shape index (κ3) is 3.00. The summed E-state index contributed by atoms with van der Waals surface area (Å²) in [6.07, 6.45) is 4.99. The summed E-state index contributed by atoms with van der Waals surface area (Å²) >= 11 is 0. The van der Waals surface area contributed by atoms with Crippen LogP contribution in [0.5, 0.6) is 0 Å². The molecule has 1 aliphatic rings. The lowest BCUT2D eigenvalue weighted by Crippen LogP contribution is -2.35. The summed E-state index contributed by atoms with van der Waals surface area (Å²) in [7, 11) is 0. The van der Waals surface area contributed by atoms with Crippen LogP contribution in [0.2, 0.25) is 0 Å². The number of nitrogens with one attached hydrogen (secondary N) is 1. The van der Waals surface area contributed by atoms with Gasteiger partial charge in [0.1, 0.15) is 11.5 Å². The summed E-state index contributed by atoms with van der Waals surface area (Å²) in [5.74, 6) is 3.43. The second kappa shape index (κ2) is 6.26. The second-order valence-electron chi connectivity index (χ2n) is 7.02. The number of aromatic nitrogens is 4. The van der Waals surface area contributed by atoms with Gasteiger partial charge in [-0.2, -0.15) is 4.98 Å². The van der Waals surface area contributed by atoms with Gasteiger partial charge in [-0.1, -0.05) is 19.0 Å². The molecule has 3 aromatic rings. The monoisotopic (exact) mass is 325 g/mol. The predicted molar refractivity (Wildman–Crippen MR) is 93.1 cm³/mol. The van der Waals surface area contributed by atoms with Crippen LogP contribution in [0.15, 0.2) is 28.9 Å². The fourth-order valence-corrected chi connectivity index (χ4v) is 3.36. The van der Waals surface area contributed by atoms with Gasteiger partial charge in [-0.15, -0.1) is 0 Å². The van der Waals surface area contributed by atoms with Crippen molar-refractivity contribution in [2.24, 2.45) is 5.92 Å². The second-order valence-corrected chi connectivity index (χ2v) is 7.02. The van der Waals surface area contributed by atoms with Gasteiger partial charge in [0.25, 0.3) is 0 Å². The number of fused-ring (bicyclic) bond motifs is 1.